The van der Waals surface area contributed by atoms with Crippen molar-refractivity contribution in [1.82, 2.24) is 9.78 Å². The van der Waals surface area contributed by atoms with Crippen molar-refractivity contribution in [2.24, 2.45) is 0 Å². The topological polar surface area (TPSA) is 73.2 Å². The SMILES string of the molecule is COC(=O)c1ccc(Cl)c(NC(=O)Cc2cnn(-c3ccccc3)c2)c1. The monoisotopic (exact) mass is 369 g/mol. The number of methoxy groups -OCH3 is 1. The van der Waals surface area contributed by atoms with Crippen LogP contribution in [0, 0.1) is 0 Å². The highest BCUT2D eigenvalue weighted by Crippen LogP contribution is 2.23. The average molecular weight is 370 g/mol. The molecule has 0 radical (unpaired) electrons. The molecule has 0 aliphatic heterocycles. The molecule has 2 aromatic carbocycles. The van der Waals surface area contributed by atoms with Gasteiger partial charge in [0.05, 0.1) is 41.7 Å². The highest BCUT2D eigenvalue weighted by molar-refractivity contribution is 6.33. The van der Waals surface area contributed by atoms with E-state index in [1.165, 1.54) is 25.3 Å². The number of hydrogen-bond acceptors (Lipinski definition) is 4. The van der Waals surface area contributed by atoms with Crippen LogP contribution in [0.3, 0.4) is 0 Å². The van der Waals surface area contributed by atoms with Gasteiger partial charge in [-0.05, 0) is 35.9 Å². The first kappa shape index (κ1) is 17.7. The van der Waals surface area contributed by atoms with E-state index in [2.05, 4.69) is 15.2 Å². The molecule has 0 saturated carbocycles. The first-order chi connectivity index (χ1) is 12.6. The summed E-state index contributed by atoms with van der Waals surface area (Å²) in [4.78, 5) is 23.9. The maximum Gasteiger partial charge on any atom is 0.337 e. The molecule has 3 rings (SSSR count). The van der Waals surface area contributed by atoms with Crippen LogP contribution in [0.4, 0.5) is 5.69 Å². The molecule has 0 unspecified atom stereocenters. The van der Waals surface area contributed by atoms with Crippen LogP contribution in [0.2, 0.25) is 5.02 Å². The van der Waals surface area contributed by atoms with Gasteiger partial charge in [0.1, 0.15) is 0 Å². The number of carbonyl (C=O) groups excluding carboxylic acids is 2. The number of amides is 1. The van der Waals surface area contributed by atoms with Crippen LogP contribution in [0.15, 0.2) is 60.9 Å². The Bertz CT molecular complexity index is 938. The molecule has 0 spiro atoms. The molecule has 1 N–H and O–H groups in total. The fraction of sp³-hybridized carbons (Fsp3) is 0.105. The number of nitrogens with one attached hydrogen (secondary N) is 1. The van der Waals surface area contributed by atoms with E-state index < -0.39 is 5.97 Å². The Labute approximate surface area is 155 Å². The predicted molar refractivity (Wildman–Crippen MR) is 98.7 cm³/mol. The van der Waals surface area contributed by atoms with E-state index in [9.17, 15) is 9.59 Å². The molecule has 1 heterocycles. The summed E-state index contributed by atoms with van der Waals surface area (Å²) in [5.74, 6) is -0.761. The Balaban J connectivity index is 1.70. The van der Waals surface area contributed by atoms with Crippen molar-refractivity contribution in [1.29, 1.82) is 0 Å². The zero-order valence-electron chi connectivity index (χ0n) is 14.0. The predicted octanol–water partition coefficient (Wildman–Crippen LogP) is 3.49. The second-order valence-corrected chi connectivity index (χ2v) is 5.95. The molecule has 7 heteroatoms. The number of nitrogens with zero attached hydrogens (tertiary/aromatic N) is 2. The summed E-state index contributed by atoms with van der Waals surface area (Å²) in [6.07, 6.45) is 3.56. The minimum Gasteiger partial charge on any atom is -0.465 e. The van der Waals surface area contributed by atoms with Gasteiger partial charge < -0.3 is 10.1 Å². The normalized spacial score (nSPS) is 10.4. The molecule has 6 nitrogen and oxygen atoms in total. The minimum absolute atomic E-state index is 0.131. The summed E-state index contributed by atoms with van der Waals surface area (Å²) in [6, 6.07) is 14.2. The van der Waals surface area contributed by atoms with Crippen molar-refractivity contribution in [2.45, 2.75) is 6.42 Å². The lowest BCUT2D eigenvalue weighted by Crippen LogP contribution is -2.15. The molecule has 132 valence electrons. The van der Waals surface area contributed by atoms with Crippen LogP contribution in [0.1, 0.15) is 15.9 Å². The molecular formula is C19H16ClN3O3. The summed E-state index contributed by atoms with van der Waals surface area (Å²) in [6.45, 7) is 0. The zero-order valence-corrected chi connectivity index (χ0v) is 14.7. The summed E-state index contributed by atoms with van der Waals surface area (Å²) >= 11 is 6.09. The van der Waals surface area contributed by atoms with Crippen molar-refractivity contribution in [3.63, 3.8) is 0 Å². The summed E-state index contributed by atoms with van der Waals surface area (Å²) in [7, 11) is 1.29. The lowest BCUT2D eigenvalue weighted by Gasteiger charge is -2.08. The maximum atomic E-state index is 12.3. The highest BCUT2D eigenvalue weighted by atomic mass is 35.5. The second-order valence-electron chi connectivity index (χ2n) is 5.54. The van der Waals surface area contributed by atoms with Gasteiger partial charge in [-0.2, -0.15) is 5.10 Å². The Morgan fingerprint density at radius 3 is 2.69 bits per heavy atom. The Hall–Kier alpha value is -3.12. The fourth-order valence-electron chi connectivity index (χ4n) is 2.42. The number of hydrogen-bond donors (Lipinski definition) is 1. The van der Waals surface area contributed by atoms with Crippen LogP contribution in [0.5, 0.6) is 0 Å². The maximum absolute atomic E-state index is 12.3. The molecule has 0 aliphatic rings. The van der Waals surface area contributed by atoms with Gasteiger partial charge in [-0.15, -0.1) is 0 Å². The summed E-state index contributed by atoms with van der Waals surface area (Å²) in [5, 5.41) is 7.31. The van der Waals surface area contributed by atoms with Crippen LogP contribution in [0.25, 0.3) is 5.69 Å². The molecule has 1 amide bonds. The number of carbonyl (C=O) groups is 2. The van der Waals surface area contributed by atoms with Gasteiger partial charge in [-0.1, -0.05) is 29.8 Å². The summed E-state index contributed by atoms with van der Waals surface area (Å²) < 4.78 is 6.37. The van der Waals surface area contributed by atoms with Crippen molar-refractivity contribution < 1.29 is 14.3 Å². The number of aromatic nitrogens is 2. The van der Waals surface area contributed by atoms with Gasteiger partial charge in [-0.25, -0.2) is 9.48 Å². The molecule has 0 bridgehead atoms. The lowest BCUT2D eigenvalue weighted by atomic mass is 10.2. The third-order valence-electron chi connectivity index (χ3n) is 3.68. The zero-order chi connectivity index (χ0) is 18.5. The van der Waals surface area contributed by atoms with Crippen LogP contribution >= 0.6 is 11.6 Å². The Morgan fingerprint density at radius 2 is 1.96 bits per heavy atom. The van der Waals surface area contributed by atoms with Gasteiger partial charge in [0.2, 0.25) is 5.91 Å². The molecular weight excluding hydrogens is 354 g/mol. The fourth-order valence-corrected chi connectivity index (χ4v) is 2.58. The van der Waals surface area contributed by atoms with Crippen molar-refractivity contribution in [3.05, 3.63) is 77.1 Å². The minimum atomic E-state index is -0.499. The number of para-hydroxylation sites is 1. The number of rotatable bonds is 5. The van der Waals surface area contributed by atoms with E-state index in [1.807, 2.05) is 30.3 Å². The van der Waals surface area contributed by atoms with E-state index in [4.69, 9.17) is 11.6 Å². The van der Waals surface area contributed by atoms with Crippen molar-refractivity contribution in [2.75, 3.05) is 12.4 Å². The number of benzene rings is 2. The molecule has 0 aliphatic carbocycles. The van der Waals surface area contributed by atoms with Gasteiger partial charge in [0.15, 0.2) is 0 Å². The molecule has 26 heavy (non-hydrogen) atoms. The van der Waals surface area contributed by atoms with E-state index in [0.717, 1.165) is 11.3 Å². The first-order valence-electron chi connectivity index (χ1n) is 7.83. The molecule has 0 atom stereocenters. The van der Waals surface area contributed by atoms with Crippen LogP contribution < -0.4 is 5.32 Å². The smallest absolute Gasteiger partial charge is 0.337 e. The Morgan fingerprint density at radius 1 is 1.19 bits per heavy atom. The quantitative estimate of drug-likeness (QED) is 0.699. The number of halogens is 1. The highest BCUT2D eigenvalue weighted by Gasteiger charge is 2.12. The molecule has 1 aromatic heterocycles. The van der Waals surface area contributed by atoms with Gasteiger partial charge >= 0.3 is 5.97 Å². The van der Waals surface area contributed by atoms with Gasteiger partial charge in [0, 0.05) is 6.20 Å². The molecule has 0 saturated heterocycles. The average Bonchev–Trinajstić information content (AvgIpc) is 3.12. The third kappa shape index (κ3) is 4.10. The largest absolute Gasteiger partial charge is 0.465 e. The lowest BCUT2D eigenvalue weighted by molar-refractivity contribution is -0.115. The summed E-state index contributed by atoms with van der Waals surface area (Å²) in [5.41, 5.74) is 2.33. The second kappa shape index (κ2) is 7.84. The number of anilines is 1. The van der Waals surface area contributed by atoms with Crippen LogP contribution in [-0.4, -0.2) is 28.8 Å². The Kier molecular flexibility index (Phi) is 5.34. The molecule has 0 fully saturated rings. The molecule has 3 aromatic rings. The standard InChI is InChI=1S/C19H16ClN3O3/c1-26-19(25)14-7-8-16(20)17(10-14)22-18(24)9-13-11-21-23(12-13)15-5-3-2-4-6-15/h2-8,10-12H,9H2,1H3,(H,22,24). The van der Waals surface area contributed by atoms with E-state index in [0.29, 0.717) is 16.3 Å². The van der Waals surface area contributed by atoms with Gasteiger partial charge in [0.25, 0.3) is 0 Å². The van der Waals surface area contributed by atoms with Crippen LogP contribution in [-0.2, 0) is 16.0 Å². The van der Waals surface area contributed by atoms with Gasteiger partial charge in [-0.3, -0.25) is 4.79 Å². The van der Waals surface area contributed by atoms with Crippen molar-refractivity contribution >= 4 is 29.2 Å². The first-order valence-corrected chi connectivity index (χ1v) is 8.21. The third-order valence-corrected chi connectivity index (χ3v) is 4.01. The van der Waals surface area contributed by atoms with Crippen molar-refractivity contribution in [3.8, 4) is 5.69 Å². The van der Waals surface area contributed by atoms with E-state index in [-0.39, 0.29) is 12.3 Å². The van der Waals surface area contributed by atoms with E-state index in [1.54, 1.807) is 17.1 Å². The number of ether oxygens (including phenoxy) is 1. The van der Waals surface area contributed by atoms with E-state index >= 15 is 0 Å². The number of esters is 1.